The van der Waals surface area contributed by atoms with Crippen molar-refractivity contribution in [3.05, 3.63) is 30.3 Å². The maximum absolute atomic E-state index is 10.6. The number of rotatable bonds is 4. The largest absolute Gasteiger partial charge is 0.446 e. The van der Waals surface area contributed by atoms with E-state index in [-0.39, 0.29) is 0 Å². The minimum absolute atomic E-state index is 0.421. The summed E-state index contributed by atoms with van der Waals surface area (Å²) in [4.78, 5) is 11.7. The zero-order chi connectivity index (χ0) is 11.1. The molecule has 0 saturated heterocycles. The van der Waals surface area contributed by atoms with Gasteiger partial charge in [-0.2, -0.15) is 5.26 Å². The average molecular weight is 221 g/mol. The molecule has 1 unspecified atom stereocenters. The summed E-state index contributed by atoms with van der Waals surface area (Å²) < 4.78 is 4.80. The third kappa shape index (κ3) is 4.52. The Kier molecular flexibility index (Phi) is 4.72. The summed E-state index contributed by atoms with van der Waals surface area (Å²) in [5.41, 5.74) is 0. The van der Waals surface area contributed by atoms with E-state index in [1.165, 1.54) is 18.7 Å². The van der Waals surface area contributed by atoms with E-state index in [0.29, 0.717) is 5.75 Å². The van der Waals surface area contributed by atoms with E-state index < -0.39 is 12.1 Å². The van der Waals surface area contributed by atoms with Gasteiger partial charge in [0.1, 0.15) is 6.07 Å². The molecule has 0 aliphatic rings. The predicted molar refractivity (Wildman–Crippen MR) is 58.3 cm³/mol. The van der Waals surface area contributed by atoms with Gasteiger partial charge in [-0.25, -0.2) is 0 Å². The molecule has 0 fully saturated rings. The Balaban J connectivity index is 2.42. The second-order valence-electron chi connectivity index (χ2n) is 2.85. The third-order valence-corrected chi connectivity index (χ3v) is 2.67. The second kappa shape index (κ2) is 6.10. The molecule has 0 saturated carbocycles. The first-order chi connectivity index (χ1) is 7.22. The van der Waals surface area contributed by atoms with Crippen molar-refractivity contribution >= 4 is 17.7 Å². The molecule has 0 radical (unpaired) electrons. The van der Waals surface area contributed by atoms with Crippen LogP contribution in [0, 0.1) is 11.3 Å². The van der Waals surface area contributed by atoms with Crippen molar-refractivity contribution in [2.45, 2.75) is 17.9 Å². The van der Waals surface area contributed by atoms with Gasteiger partial charge < -0.3 is 4.74 Å². The van der Waals surface area contributed by atoms with Crippen LogP contribution in [0.2, 0.25) is 0 Å². The molecule has 1 atom stereocenters. The lowest BCUT2D eigenvalue weighted by molar-refractivity contribution is -0.142. The van der Waals surface area contributed by atoms with Crippen molar-refractivity contribution in [3.63, 3.8) is 0 Å². The third-order valence-electron chi connectivity index (χ3n) is 1.60. The van der Waals surface area contributed by atoms with Crippen molar-refractivity contribution in [1.29, 1.82) is 5.26 Å². The van der Waals surface area contributed by atoms with Gasteiger partial charge in [-0.3, -0.25) is 4.79 Å². The van der Waals surface area contributed by atoms with Crippen molar-refractivity contribution < 1.29 is 9.53 Å². The molecule has 15 heavy (non-hydrogen) atoms. The summed E-state index contributed by atoms with van der Waals surface area (Å²) >= 11 is 1.50. The Labute approximate surface area is 93.0 Å². The molecule has 3 nitrogen and oxygen atoms in total. The molecule has 0 amide bonds. The van der Waals surface area contributed by atoms with Gasteiger partial charge in [0.2, 0.25) is 0 Å². The first-order valence-electron chi connectivity index (χ1n) is 4.47. The quantitative estimate of drug-likeness (QED) is 0.578. The number of nitrogens with zero attached hydrogens (tertiary/aromatic N) is 1. The number of carbonyl (C=O) groups is 1. The van der Waals surface area contributed by atoms with Crippen molar-refractivity contribution in [2.75, 3.05) is 5.75 Å². The smallest absolute Gasteiger partial charge is 0.303 e. The molecule has 4 heteroatoms. The first-order valence-corrected chi connectivity index (χ1v) is 5.45. The molecule has 0 aromatic heterocycles. The van der Waals surface area contributed by atoms with E-state index in [2.05, 4.69) is 0 Å². The molecule has 1 aromatic carbocycles. The number of hydrogen-bond donors (Lipinski definition) is 0. The number of nitriles is 1. The zero-order valence-corrected chi connectivity index (χ0v) is 9.16. The van der Waals surface area contributed by atoms with Gasteiger partial charge in [-0.15, -0.1) is 11.8 Å². The van der Waals surface area contributed by atoms with Crippen molar-refractivity contribution in [1.82, 2.24) is 0 Å². The minimum atomic E-state index is -0.673. The Hall–Kier alpha value is -1.47. The Morgan fingerprint density at radius 1 is 1.53 bits per heavy atom. The Morgan fingerprint density at radius 2 is 2.20 bits per heavy atom. The van der Waals surface area contributed by atoms with Crippen LogP contribution >= 0.6 is 11.8 Å². The van der Waals surface area contributed by atoms with Gasteiger partial charge >= 0.3 is 5.97 Å². The highest BCUT2D eigenvalue weighted by atomic mass is 32.2. The highest BCUT2D eigenvalue weighted by Gasteiger charge is 2.10. The summed E-state index contributed by atoms with van der Waals surface area (Å²) in [6.07, 6.45) is -0.673. The average Bonchev–Trinajstić information content (AvgIpc) is 2.25. The molecule has 0 aliphatic heterocycles. The van der Waals surface area contributed by atoms with Gasteiger partial charge in [0.25, 0.3) is 0 Å². The lowest BCUT2D eigenvalue weighted by Crippen LogP contribution is -2.16. The topological polar surface area (TPSA) is 50.1 Å². The van der Waals surface area contributed by atoms with E-state index in [9.17, 15) is 4.79 Å². The summed E-state index contributed by atoms with van der Waals surface area (Å²) in [5, 5.41) is 8.71. The molecule has 0 N–H and O–H groups in total. The summed E-state index contributed by atoms with van der Waals surface area (Å²) in [6.45, 7) is 1.30. The highest BCUT2D eigenvalue weighted by molar-refractivity contribution is 7.99. The molecule has 0 bridgehead atoms. The minimum Gasteiger partial charge on any atom is -0.446 e. The fraction of sp³-hybridized carbons (Fsp3) is 0.273. The molecule has 1 aromatic rings. The molecule has 0 aliphatic carbocycles. The lowest BCUT2D eigenvalue weighted by atomic mass is 10.4. The maximum Gasteiger partial charge on any atom is 0.303 e. The number of hydrogen-bond acceptors (Lipinski definition) is 4. The molecule has 0 heterocycles. The Morgan fingerprint density at radius 3 is 2.73 bits per heavy atom. The van der Waals surface area contributed by atoms with Crippen LogP contribution in [-0.2, 0) is 9.53 Å². The van der Waals surface area contributed by atoms with Crippen LogP contribution in [0.5, 0.6) is 0 Å². The van der Waals surface area contributed by atoms with Crippen LogP contribution in [0.25, 0.3) is 0 Å². The fourth-order valence-corrected chi connectivity index (χ4v) is 1.82. The molecule has 0 spiro atoms. The first kappa shape index (κ1) is 11.6. The number of ether oxygens (including phenoxy) is 1. The zero-order valence-electron chi connectivity index (χ0n) is 8.34. The molecule has 1 rings (SSSR count). The van der Waals surface area contributed by atoms with Gasteiger partial charge in [-0.1, -0.05) is 18.2 Å². The highest BCUT2D eigenvalue weighted by Crippen LogP contribution is 2.18. The summed E-state index contributed by atoms with van der Waals surface area (Å²) in [6, 6.07) is 11.6. The van der Waals surface area contributed by atoms with Gasteiger partial charge in [-0.05, 0) is 12.1 Å². The van der Waals surface area contributed by atoms with Gasteiger partial charge in [0.05, 0.1) is 0 Å². The van der Waals surface area contributed by atoms with Crippen LogP contribution in [0.15, 0.2) is 35.2 Å². The number of carbonyl (C=O) groups excluding carboxylic acids is 1. The molecular formula is C11H11NO2S. The fourth-order valence-electron chi connectivity index (χ4n) is 0.987. The van der Waals surface area contributed by atoms with Crippen LogP contribution < -0.4 is 0 Å². The van der Waals surface area contributed by atoms with E-state index in [1.54, 1.807) is 0 Å². The van der Waals surface area contributed by atoms with E-state index >= 15 is 0 Å². The van der Waals surface area contributed by atoms with E-state index in [1.807, 2.05) is 36.4 Å². The monoisotopic (exact) mass is 221 g/mol. The van der Waals surface area contributed by atoms with Gasteiger partial charge in [0, 0.05) is 17.6 Å². The second-order valence-corrected chi connectivity index (χ2v) is 3.94. The maximum atomic E-state index is 10.6. The van der Waals surface area contributed by atoms with Gasteiger partial charge in [0.15, 0.2) is 6.10 Å². The SMILES string of the molecule is CC(=O)OC(C#N)CSc1ccccc1. The van der Waals surface area contributed by atoms with E-state index in [4.69, 9.17) is 10.00 Å². The summed E-state index contributed by atoms with van der Waals surface area (Å²) in [7, 11) is 0. The van der Waals surface area contributed by atoms with E-state index in [0.717, 1.165) is 4.90 Å². The van der Waals surface area contributed by atoms with Crippen LogP contribution in [0.4, 0.5) is 0 Å². The molecular weight excluding hydrogens is 210 g/mol. The normalized spacial score (nSPS) is 11.5. The van der Waals surface area contributed by atoms with Crippen LogP contribution in [-0.4, -0.2) is 17.8 Å². The van der Waals surface area contributed by atoms with Crippen molar-refractivity contribution in [2.24, 2.45) is 0 Å². The number of esters is 1. The number of benzene rings is 1. The lowest BCUT2D eigenvalue weighted by Gasteiger charge is -2.08. The Bertz CT molecular complexity index is 359. The molecule has 78 valence electrons. The predicted octanol–water partition coefficient (Wildman–Crippen LogP) is 2.23. The van der Waals surface area contributed by atoms with Crippen molar-refractivity contribution in [3.8, 4) is 6.07 Å². The van der Waals surface area contributed by atoms with Crippen LogP contribution in [0.1, 0.15) is 6.92 Å². The summed E-state index contributed by atoms with van der Waals surface area (Å²) in [5.74, 6) is 0.0373. The number of thioether (sulfide) groups is 1. The standard InChI is InChI=1S/C11H11NO2S/c1-9(13)14-10(7-12)8-15-11-5-3-2-4-6-11/h2-6,10H,8H2,1H3. The van der Waals surface area contributed by atoms with Crippen LogP contribution in [0.3, 0.4) is 0 Å².